The molecule has 1 fully saturated rings. The summed E-state index contributed by atoms with van der Waals surface area (Å²) < 4.78 is 4.48. The average Bonchev–Trinajstić information content (AvgIpc) is 1.99. The van der Waals surface area contributed by atoms with Gasteiger partial charge in [0.25, 0.3) is 0 Å². The summed E-state index contributed by atoms with van der Waals surface area (Å²) >= 11 is 0. The first kappa shape index (κ1) is 8.04. The van der Waals surface area contributed by atoms with E-state index in [2.05, 4.69) is 10.1 Å². The third-order valence-electron chi connectivity index (χ3n) is 1.93. The molecule has 0 aromatic heterocycles. The first-order chi connectivity index (χ1) is 5.20. The number of ether oxygens (including phenoxy) is 1. The predicted molar refractivity (Wildman–Crippen MR) is 37.7 cm³/mol. The normalized spacial score (nSPS) is 28.7. The van der Waals surface area contributed by atoms with Crippen LogP contribution in [0.2, 0.25) is 0 Å². The van der Waals surface area contributed by atoms with Crippen LogP contribution in [0.1, 0.15) is 13.3 Å². The number of rotatable bonds is 2. The van der Waals surface area contributed by atoms with Crippen molar-refractivity contribution in [3.05, 3.63) is 0 Å². The van der Waals surface area contributed by atoms with Crippen LogP contribution in [0.25, 0.3) is 0 Å². The number of methoxy groups -OCH3 is 1. The molecule has 62 valence electrons. The van der Waals surface area contributed by atoms with Crippen LogP contribution in [0.5, 0.6) is 0 Å². The van der Waals surface area contributed by atoms with Crippen LogP contribution in [-0.2, 0) is 14.3 Å². The third kappa shape index (κ3) is 1.20. The average molecular weight is 157 g/mol. The molecular weight excluding hydrogens is 146 g/mol. The van der Waals surface area contributed by atoms with E-state index in [1.54, 1.807) is 0 Å². The van der Waals surface area contributed by atoms with Crippen LogP contribution in [0.3, 0.4) is 0 Å². The molecule has 1 heterocycles. The zero-order chi connectivity index (χ0) is 8.43. The Morgan fingerprint density at radius 3 is 2.73 bits per heavy atom. The molecule has 0 spiro atoms. The van der Waals surface area contributed by atoms with Crippen LogP contribution in [0.4, 0.5) is 0 Å². The molecule has 1 saturated heterocycles. The largest absolute Gasteiger partial charge is 0.467 e. The minimum atomic E-state index is -0.405. The topological polar surface area (TPSA) is 55.4 Å². The molecule has 1 N–H and O–H groups in total. The van der Waals surface area contributed by atoms with Gasteiger partial charge in [-0.05, 0) is 6.42 Å². The van der Waals surface area contributed by atoms with Crippen molar-refractivity contribution in [2.45, 2.75) is 19.4 Å². The molecule has 0 bridgehead atoms. The van der Waals surface area contributed by atoms with E-state index in [0.29, 0.717) is 6.42 Å². The fraction of sp³-hybridized carbons (Fsp3) is 0.714. The number of nitrogens with one attached hydrogen (secondary N) is 1. The summed E-state index contributed by atoms with van der Waals surface area (Å²) in [6, 6.07) is -0.405. The second-order valence-corrected chi connectivity index (χ2v) is 2.52. The molecule has 0 radical (unpaired) electrons. The Morgan fingerprint density at radius 2 is 2.36 bits per heavy atom. The van der Waals surface area contributed by atoms with Crippen LogP contribution in [-0.4, -0.2) is 25.0 Å². The second kappa shape index (κ2) is 2.90. The summed E-state index contributed by atoms with van der Waals surface area (Å²) in [5.74, 6) is -0.582. The maximum Gasteiger partial charge on any atom is 0.329 e. The van der Waals surface area contributed by atoms with E-state index >= 15 is 0 Å². The van der Waals surface area contributed by atoms with Crippen molar-refractivity contribution in [1.82, 2.24) is 5.32 Å². The number of hydrogen-bond donors (Lipinski definition) is 1. The minimum Gasteiger partial charge on any atom is -0.467 e. The molecule has 1 rings (SSSR count). The molecular formula is C7H11NO3. The highest BCUT2D eigenvalue weighted by Crippen LogP contribution is 2.19. The van der Waals surface area contributed by atoms with Crippen LogP contribution in [0.15, 0.2) is 0 Å². The SMILES string of the molecule is CCC1C(=O)NC1C(=O)OC. The highest BCUT2D eigenvalue weighted by molar-refractivity contribution is 5.96. The van der Waals surface area contributed by atoms with E-state index in [0.717, 1.165) is 0 Å². The van der Waals surface area contributed by atoms with E-state index in [4.69, 9.17) is 0 Å². The number of hydrogen-bond acceptors (Lipinski definition) is 3. The summed E-state index contributed by atoms with van der Waals surface area (Å²) in [6.07, 6.45) is 0.686. The standard InChI is InChI=1S/C7H11NO3/c1-3-4-5(7(10)11-2)8-6(4)9/h4-5H,3H2,1-2H3,(H,8,9). The van der Waals surface area contributed by atoms with Gasteiger partial charge in [-0.3, -0.25) is 4.79 Å². The summed E-state index contributed by atoms with van der Waals surface area (Å²) in [7, 11) is 1.32. The van der Waals surface area contributed by atoms with Gasteiger partial charge in [-0.15, -0.1) is 0 Å². The first-order valence-corrected chi connectivity index (χ1v) is 3.59. The smallest absolute Gasteiger partial charge is 0.329 e. The van der Waals surface area contributed by atoms with Gasteiger partial charge in [0.05, 0.1) is 13.0 Å². The van der Waals surface area contributed by atoms with Gasteiger partial charge in [0, 0.05) is 0 Å². The molecule has 4 nitrogen and oxygen atoms in total. The molecule has 0 aromatic carbocycles. The number of β-lactam (4-membered cyclic amide) rings is 1. The highest BCUT2D eigenvalue weighted by atomic mass is 16.5. The Hall–Kier alpha value is -1.06. The van der Waals surface area contributed by atoms with Gasteiger partial charge in [-0.2, -0.15) is 0 Å². The van der Waals surface area contributed by atoms with E-state index in [-0.39, 0.29) is 17.8 Å². The van der Waals surface area contributed by atoms with Crippen molar-refractivity contribution in [3.8, 4) is 0 Å². The maximum atomic E-state index is 10.9. The van der Waals surface area contributed by atoms with E-state index in [9.17, 15) is 9.59 Å². The van der Waals surface area contributed by atoms with E-state index in [1.807, 2.05) is 6.92 Å². The first-order valence-electron chi connectivity index (χ1n) is 3.59. The number of esters is 1. The van der Waals surface area contributed by atoms with Gasteiger partial charge >= 0.3 is 5.97 Å². The van der Waals surface area contributed by atoms with Gasteiger partial charge in [0.15, 0.2) is 0 Å². The van der Waals surface area contributed by atoms with Crippen molar-refractivity contribution in [2.75, 3.05) is 7.11 Å². The lowest BCUT2D eigenvalue weighted by Gasteiger charge is -2.33. The van der Waals surface area contributed by atoms with Gasteiger partial charge in [-0.1, -0.05) is 6.92 Å². The molecule has 11 heavy (non-hydrogen) atoms. The molecule has 0 aromatic rings. The number of amides is 1. The fourth-order valence-electron chi connectivity index (χ4n) is 1.19. The Morgan fingerprint density at radius 1 is 1.73 bits per heavy atom. The van der Waals surface area contributed by atoms with Crippen molar-refractivity contribution in [2.24, 2.45) is 5.92 Å². The monoisotopic (exact) mass is 157 g/mol. The number of carbonyl (C=O) groups is 2. The van der Waals surface area contributed by atoms with Crippen molar-refractivity contribution in [1.29, 1.82) is 0 Å². The molecule has 1 aliphatic rings. The van der Waals surface area contributed by atoms with Crippen molar-refractivity contribution < 1.29 is 14.3 Å². The lowest BCUT2D eigenvalue weighted by molar-refractivity contribution is -0.155. The van der Waals surface area contributed by atoms with E-state index < -0.39 is 6.04 Å². The van der Waals surface area contributed by atoms with Crippen LogP contribution in [0, 0.1) is 5.92 Å². The van der Waals surface area contributed by atoms with Gasteiger partial charge in [-0.25, -0.2) is 4.79 Å². The summed E-state index contributed by atoms with van der Waals surface area (Å²) in [5, 5.41) is 2.48. The molecule has 0 saturated carbocycles. The molecule has 2 atom stereocenters. The Labute approximate surface area is 64.9 Å². The van der Waals surface area contributed by atoms with Crippen molar-refractivity contribution >= 4 is 11.9 Å². The second-order valence-electron chi connectivity index (χ2n) is 2.52. The van der Waals surface area contributed by atoms with Crippen LogP contribution < -0.4 is 5.32 Å². The van der Waals surface area contributed by atoms with Gasteiger partial charge < -0.3 is 10.1 Å². The minimum absolute atomic E-state index is 0.0529. The summed E-state index contributed by atoms with van der Waals surface area (Å²) in [5.41, 5.74) is 0. The zero-order valence-corrected chi connectivity index (χ0v) is 6.59. The summed E-state index contributed by atoms with van der Waals surface area (Å²) in [4.78, 5) is 21.6. The lowest BCUT2D eigenvalue weighted by Crippen LogP contribution is -2.61. The quantitative estimate of drug-likeness (QED) is 0.441. The van der Waals surface area contributed by atoms with E-state index in [1.165, 1.54) is 7.11 Å². The van der Waals surface area contributed by atoms with Crippen LogP contribution >= 0.6 is 0 Å². The van der Waals surface area contributed by atoms with Gasteiger partial charge in [0.2, 0.25) is 5.91 Å². The molecule has 2 unspecified atom stereocenters. The lowest BCUT2D eigenvalue weighted by atomic mass is 9.88. The maximum absolute atomic E-state index is 10.9. The Kier molecular flexibility index (Phi) is 2.12. The summed E-state index contributed by atoms with van der Waals surface area (Å²) in [6.45, 7) is 1.87. The highest BCUT2D eigenvalue weighted by Gasteiger charge is 2.43. The van der Waals surface area contributed by atoms with Gasteiger partial charge in [0.1, 0.15) is 6.04 Å². The third-order valence-corrected chi connectivity index (χ3v) is 1.93. The molecule has 0 aliphatic carbocycles. The number of carbonyl (C=O) groups excluding carboxylic acids is 2. The zero-order valence-electron chi connectivity index (χ0n) is 6.59. The Bertz CT molecular complexity index is 190. The molecule has 1 aliphatic heterocycles. The Balaban J connectivity index is 2.51. The fourth-order valence-corrected chi connectivity index (χ4v) is 1.19. The molecule has 4 heteroatoms. The molecule has 1 amide bonds. The predicted octanol–water partition coefficient (Wildman–Crippen LogP) is -0.316. The van der Waals surface area contributed by atoms with Crippen molar-refractivity contribution in [3.63, 3.8) is 0 Å².